The summed E-state index contributed by atoms with van der Waals surface area (Å²) >= 11 is 3.73. The zero-order valence-electron chi connectivity index (χ0n) is 16.2. The number of fused-ring (bicyclic) bond motifs is 6. The molecule has 3 aromatic heterocycles. The van der Waals surface area contributed by atoms with Crippen LogP contribution in [0.25, 0.3) is 47.7 Å². The molecule has 3 heterocycles. The summed E-state index contributed by atoms with van der Waals surface area (Å²) < 4.78 is 7.39. The van der Waals surface area contributed by atoms with Crippen LogP contribution >= 0.6 is 22.7 Å². The molecule has 0 unspecified atom stereocenters. The van der Waals surface area contributed by atoms with Crippen LogP contribution in [0.1, 0.15) is 17.6 Å². The SMILES string of the molecule is C/C(=C\c1c2ccccc2c2sc3ccccc3n12)c1sc2ccccc2[n+]1C. The molecule has 0 radical (unpaired) electrons. The summed E-state index contributed by atoms with van der Waals surface area (Å²) in [5.74, 6) is 0. The van der Waals surface area contributed by atoms with Gasteiger partial charge in [0.1, 0.15) is 16.6 Å². The van der Waals surface area contributed by atoms with Gasteiger partial charge in [-0.05, 0) is 31.2 Å². The van der Waals surface area contributed by atoms with Crippen LogP contribution < -0.4 is 4.57 Å². The monoisotopic (exact) mass is 411 g/mol. The molecule has 0 N–H and O–H groups in total. The van der Waals surface area contributed by atoms with Gasteiger partial charge >= 0.3 is 0 Å². The zero-order chi connectivity index (χ0) is 19.5. The normalized spacial score (nSPS) is 12.7. The minimum atomic E-state index is 1.27. The molecule has 2 nitrogen and oxygen atoms in total. The van der Waals surface area contributed by atoms with Gasteiger partial charge in [0.25, 0.3) is 5.01 Å². The average molecular weight is 412 g/mol. The molecule has 0 saturated heterocycles. The third-order valence-corrected chi connectivity index (χ3v) is 8.13. The van der Waals surface area contributed by atoms with E-state index in [0.29, 0.717) is 0 Å². The summed E-state index contributed by atoms with van der Waals surface area (Å²) in [5.41, 5.74) is 5.12. The number of rotatable bonds is 2. The summed E-state index contributed by atoms with van der Waals surface area (Å²) in [5, 5.41) is 3.94. The second kappa shape index (κ2) is 6.28. The first-order chi connectivity index (χ1) is 14.2. The first-order valence-electron chi connectivity index (χ1n) is 9.69. The smallest absolute Gasteiger partial charge is 0.265 e. The lowest BCUT2D eigenvalue weighted by molar-refractivity contribution is -0.642. The minimum Gasteiger partial charge on any atom is -0.299 e. The first kappa shape index (κ1) is 17.0. The van der Waals surface area contributed by atoms with Crippen molar-refractivity contribution in [3.05, 3.63) is 83.5 Å². The van der Waals surface area contributed by atoms with Crippen molar-refractivity contribution in [3.8, 4) is 0 Å². The van der Waals surface area contributed by atoms with E-state index in [-0.39, 0.29) is 0 Å². The molecule has 0 saturated carbocycles. The summed E-state index contributed by atoms with van der Waals surface area (Å²) in [7, 11) is 2.16. The largest absolute Gasteiger partial charge is 0.299 e. The van der Waals surface area contributed by atoms with Gasteiger partial charge in [-0.3, -0.25) is 4.40 Å². The summed E-state index contributed by atoms with van der Waals surface area (Å²) in [6, 6.07) is 26.1. The van der Waals surface area contributed by atoms with Crippen LogP contribution in [0.2, 0.25) is 0 Å². The van der Waals surface area contributed by atoms with Crippen LogP contribution in [0.3, 0.4) is 0 Å². The van der Waals surface area contributed by atoms with Gasteiger partial charge in [0.2, 0.25) is 5.52 Å². The fourth-order valence-corrected chi connectivity index (χ4v) is 6.59. The maximum atomic E-state index is 2.43. The topological polar surface area (TPSA) is 8.29 Å². The predicted molar refractivity (Wildman–Crippen MR) is 127 cm³/mol. The Hall–Kier alpha value is -2.95. The van der Waals surface area contributed by atoms with E-state index in [1.165, 1.54) is 52.3 Å². The molecule has 4 heteroatoms. The van der Waals surface area contributed by atoms with Crippen LogP contribution in [0.5, 0.6) is 0 Å². The Morgan fingerprint density at radius 1 is 0.828 bits per heavy atom. The number of benzene rings is 3. The lowest BCUT2D eigenvalue weighted by Gasteiger charge is -2.00. The number of aryl methyl sites for hydroxylation is 1. The van der Waals surface area contributed by atoms with E-state index < -0.39 is 0 Å². The van der Waals surface area contributed by atoms with E-state index in [1.807, 2.05) is 22.7 Å². The molecule has 3 aromatic carbocycles. The summed E-state index contributed by atoms with van der Waals surface area (Å²) in [6.45, 7) is 2.23. The van der Waals surface area contributed by atoms with Crippen LogP contribution in [-0.2, 0) is 7.05 Å². The van der Waals surface area contributed by atoms with Crippen molar-refractivity contribution in [3.63, 3.8) is 0 Å². The summed E-state index contributed by atoms with van der Waals surface area (Å²) in [6.07, 6.45) is 2.36. The van der Waals surface area contributed by atoms with Crippen molar-refractivity contribution in [1.82, 2.24) is 4.40 Å². The minimum absolute atomic E-state index is 1.27. The molecule has 0 atom stereocenters. The van der Waals surface area contributed by atoms with Gasteiger partial charge in [-0.1, -0.05) is 59.9 Å². The summed E-state index contributed by atoms with van der Waals surface area (Å²) in [4.78, 5) is 1.32. The van der Waals surface area contributed by atoms with Gasteiger partial charge in [0, 0.05) is 22.4 Å². The van der Waals surface area contributed by atoms with Gasteiger partial charge in [-0.15, -0.1) is 11.3 Å². The molecule has 0 spiro atoms. The van der Waals surface area contributed by atoms with Gasteiger partial charge in [-0.2, -0.15) is 4.57 Å². The fraction of sp³-hybridized carbons (Fsp3) is 0.0800. The van der Waals surface area contributed by atoms with Crippen molar-refractivity contribution >= 4 is 70.4 Å². The van der Waals surface area contributed by atoms with Crippen LogP contribution in [-0.4, -0.2) is 4.40 Å². The Labute approximate surface area is 176 Å². The van der Waals surface area contributed by atoms with E-state index in [9.17, 15) is 0 Å². The maximum absolute atomic E-state index is 2.43. The van der Waals surface area contributed by atoms with Gasteiger partial charge in [0.05, 0.1) is 15.9 Å². The molecular weight excluding hydrogens is 392 g/mol. The number of allylic oxidation sites excluding steroid dienone is 1. The highest BCUT2D eigenvalue weighted by Crippen LogP contribution is 2.38. The molecule has 0 amide bonds. The van der Waals surface area contributed by atoms with E-state index in [4.69, 9.17) is 0 Å². The molecule has 6 rings (SSSR count). The van der Waals surface area contributed by atoms with Crippen LogP contribution in [0.4, 0.5) is 0 Å². The third kappa shape index (κ3) is 2.43. The fourth-order valence-electron chi connectivity index (χ4n) is 4.27. The van der Waals surface area contributed by atoms with E-state index in [1.54, 1.807) is 0 Å². The molecule has 29 heavy (non-hydrogen) atoms. The van der Waals surface area contributed by atoms with Crippen molar-refractivity contribution in [2.45, 2.75) is 6.92 Å². The average Bonchev–Trinajstić information content (AvgIpc) is 3.39. The van der Waals surface area contributed by atoms with E-state index in [2.05, 4.69) is 102 Å². The number of para-hydroxylation sites is 2. The second-order valence-corrected chi connectivity index (χ2v) is 9.46. The predicted octanol–water partition coefficient (Wildman–Crippen LogP) is 6.91. The van der Waals surface area contributed by atoms with Gasteiger partial charge in [0.15, 0.2) is 0 Å². The molecular formula is C25H19N2S2+. The Balaban J connectivity index is 1.68. The van der Waals surface area contributed by atoms with E-state index in [0.717, 1.165) is 0 Å². The highest BCUT2D eigenvalue weighted by atomic mass is 32.1. The number of nitrogens with zero attached hydrogens (tertiary/aromatic N) is 2. The number of thiazole rings is 2. The molecule has 6 aromatic rings. The highest BCUT2D eigenvalue weighted by molar-refractivity contribution is 7.24. The Morgan fingerprint density at radius 3 is 2.34 bits per heavy atom. The van der Waals surface area contributed by atoms with Gasteiger partial charge in [-0.25, -0.2) is 0 Å². The van der Waals surface area contributed by atoms with Crippen molar-refractivity contribution in [2.24, 2.45) is 7.05 Å². The third-order valence-electron chi connectivity index (χ3n) is 5.62. The molecule has 0 bridgehead atoms. The molecule has 0 fully saturated rings. The second-order valence-electron chi connectivity index (χ2n) is 7.40. The first-order valence-corrected chi connectivity index (χ1v) is 11.3. The Bertz CT molecular complexity index is 1570. The lowest BCUT2D eigenvalue weighted by atomic mass is 10.1. The molecule has 140 valence electrons. The molecule has 0 aliphatic rings. The van der Waals surface area contributed by atoms with Crippen LogP contribution in [0.15, 0.2) is 72.8 Å². The standard InChI is InChI=1S/C25H19N2S2/c1-16(24-26(2)19-11-5-7-13-22(19)28-24)15-21-17-9-3-4-10-18(17)25-27(21)20-12-6-8-14-23(20)29-25/h3-15H,1-2H3/q+1. The van der Waals surface area contributed by atoms with Crippen molar-refractivity contribution in [2.75, 3.05) is 0 Å². The quantitative estimate of drug-likeness (QED) is 0.274. The van der Waals surface area contributed by atoms with Crippen molar-refractivity contribution < 1.29 is 4.57 Å². The lowest BCUT2D eigenvalue weighted by Crippen LogP contribution is -2.29. The molecule has 0 aliphatic carbocycles. The van der Waals surface area contributed by atoms with Crippen molar-refractivity contribution in [1.29, 1.82) is 0 Å². The maximum Gasteiger partial charge on any atom is 0.265 e. The zero-order valence-corrected chi connectivity index (χ0v) is 17.8. The number of hydrogen-bond donors (Lipinski definition) is 0. The van der Waals surface area contributed by atoms with Crippen LogP contribution in [0, 0.1) is 0 Å². The number of aromatic nitrogens is 2. The Morgan fingerprint density at radius 2 is 1.52 bits per heavy atom. The molecule has 0 aliphatic heterocycles. The Kier molecular flexibility index (Phi) is 3.67. The van der Waals surface area contributed by atoms with E-state index >= 15 is 0 Å². The van der Waals surface area contributed by atoms with Gasteiger partial charge < -0.3 is 0 Å². The highest BCUT2D eigenvalue weighted by Gasteiger charge is 2.20. The number of hydrogen-bond acceptors (Lipinski definition) is 2.